The maximum Gasteiger partial charge on any atom is 0.236 e. The van der Waals surface area contributed by atoms with Crippen molar-refractivity contribution in [2.75, 3.05) is 12.4 Å². The van der Waals surface area contributed by atoms with Crippen molar-refractivity contribution in [1.82, 2.24) is 5.01 Å². The Morgan fingerprint density at radius 1 is 1.53 bits per heavy atom. The lowest BCUT2D eigenvalue weighted by molar-refractivity contribution is -0.130. The van der Waals surface area contributed by atoms with Gasteiger partial charge in [0.25, 0.3) is 0 Å². The standard InChI is InChI=1S/C12H15N3O2/c1-15(13)12(17)5-3-8-2-4-10-9(6-8)7-11(16)14-10/h2,4,6H,3,5,7,13H2,1H3,(H,14,16). The number of hydrogen-bond acceptors (Lipinski definition) is 3. The zero-order valence-corrected chi connectivity index (χ0v) is 9.69. The lowest BCUT2D eigenvalue weighted by Crippen LogP contribution is -2.33. The Morgan fingerprint density at radius 2 is 2.29 bits per heavy atom. The third-order valence-corrected chi connectivity index (χ3v) is 2.82. The first-order chi connectivity index (χ1) is 8.06. The van der Waals surface area contributed by atoms with E-state index in [1.54, 1.807) is 0 Å². The van der Waals surface area contributed by atoms with E-state index in [-0.39, 0.29) is 11.8 Å². The number of carbonyl (C=O) groups excluding carboxylic acids is 2. The van der Waals surface area contributed by atoms with Gasteiger partial charge in [-0.1, -0.05) is 12.1 Å². The molecule has 3 N–H and O–H groups in total. The fourth-order valence-electron chi connectivity index (χ4n) is 1.87. The fourth-order valence-corrected chi connectivity index (χ4v) is 1.87. The predicted octanol–water partition coefficient (Wildman–Crippen LogP) is 0.446. The van der Waals surface area contributed by atoms with Crippen LogP contribution in [0.2, 0.25) is 0 Å². The van der Waals surface area contributed by atoms with E-state index in [0.29, 0.717) is 19.3 Å². The van der Waals surface area contributed by atoms with E-state index < -0.39 is 0 Å². The van der Waals surface area contributed by atoms with Crippen molar-refractivity contribution in [3.05, 3.63) is 29.3 Å². The number of hydrogen-bond donors (Lipinski definition) is 2. The molecule has 5 heteroatoms. The van der Waals surface area contributed by atoms with Gasteiger partial charge in [-0.2, -0.15) is 0 Å². The van der Waals surface area contributed by atoms with Crippen LogP contribution in [0.3, 0.4) is 0 Å². The summed E-state index contributed by atoms with van der Waals surface area (Å²) in [6.07, 6.45) is 1.45. The molecule has 90 valence electrons. The van der Waals surface area contributed by atoms with Crippen molar-refractivity contribution in [3.8, 4) is 0 Å². The second-order valence-electron chi connectivity index (χ2n) is 4.22. The molecule has 0 unspecified atom stereocenters. The summed E-state index contributed by atoms with van der Waals surface area (Å²) >= 11 is 0. The number of carbonyl (C=O) groups is 2. The van der Waals surface area contributed by atoms with Crippen LogP contribution in [0.4, 0.5) is 5.69 Å². The SMILES string of the molecule is CN(N)C(=O)CCc1ccc2c(c1)CC(=O)N2. The lowest BCUT2D eigenvalue weighted by atomic mass is 10.0. The maximum atomic E-state index is 11.3. The van der Waals surface area contributed by atoms with Crippen LogP contribution in [0.1, 0.15) is 17.5 Å². The molecule has 0 saturated heterocycles. The van der Waals surface area contributed by atoms with Gasteiger partial charge in [-0.3, -0.25) is 14.6 Å². The van der Waals surface area contributed by atoms with E-state index in [1.807, 2.05) is 18.2 Å². The predicted molar refractivity (Wildman–Crippen MR) is 64.1 cm³/mol. The van der Waals surface area contributed by atoms with Crippen molar-refractivity contribution in [3.63, 3.8) is 0 Å². The van der Waals surface area contributed by atoms with Gasteiger partial charge in [0, 0.05) is 19.2 Å². The van der Waals surface area contributed by atoms with E-state index in [4.69, 9.17) is 5.84 Å². The summed E-state index contributed by atoms with van der Waals surface area (Å²) in [7, 11) is 1.54. The zero-order chi connectivity index (χ0) is 12.4. The van der Waals surface area contributed by atoms with Crippen LogP contribution < -0.4 is 11.2 Å². The van der Waals surface area contributed by atoms with Gasteiger partial charge in [0.1, 0.15) is 0 Å². The number of rotatable bonds is 3. The summed E-state index contributed by atoms with van der Waals surface area (Å²) in [6, 6.07) is 5.78. The average Bonchev–Trinajstić information content (AvgIpc) is 2.64. The number of hydrazine groups is 1. The van der Waals surface area contributed by atoms with E-state index >= 15 is 0 Å². The number of fused-ring (bicyclic) bond motifs is 1. The molecule has 1 aromatic carbocycles. The molecule has 0 atom stereocenters. The molecule has 0 bridgehead atoms. The van der Waals surface area contributed by atoms with Crippen molar-refractivity contribution in [2.24, 2.45) is 5.84 Å². The van der Waals surface area contributed by atoms with E-state index in [2.05, 4.69) is 5.32 Å². The molecule has 1 aromatic rings. The van der Waals surface area contributed by atoms with Gasteiger partial charge in [0.05, 0.1) is 6.42 Å². The average molecular weight is 233 g/mol. The minimum absolute atomic E-state index is 0.0231. The fraction of sp³-hybridized carbons (Fsp3) is 0.333. The summed E-state index contributed by atoms with van der Waals surface area (Å²) < 4.78 is 0. The monoisotopic (exact) mass is 233 g/mol. The third-order valence-electron chi connectivity index (χ3n) is 2.82. The molecule has 5 nitrogen and oxygen atoms in total. The molecule has 0 saturated carbocycles. The highest BCUT2D eigenvalue weighted by molar-refractivity contribution is 5.99. The van der Waals surface area contributed by atoms with Crippen LogP contribution in [-0.4, -0.2) is 23.9 Å². The molecule has 1 aliphatic heterocycles. The van der Waals surface area contributed by atoms with Crippen molar-refractivity contribution in [2.45, 2.75) is 19.3 Å². The Kier molecular flexibility index (Phi) is 3.10. The molecule has 0 aromatic heterocycles. The topological polar surface area (TPSA) is 75.4 Å². The quantitative estimate of drug-likeness (QED) is 0.452. The van der Waals surface area contributed by atoms with E-state index in [0.717, 1.165) is 21.8 Å². The second kappa shape index (κ2) is 4.55. The maximum absolute atomic E-state index is 11.3. The molecule has 0 fully saturated rings. The largest absolute Gasteiger partial charge is 0.326 e. The third kappa shape index (κ3) is 2.62. The van der Waals surface area contributed by atoms with Crippen LogP contribution in [0.5, 0.6) is 0 Å². The minimum atomic E-state index is -0.0975. The number of amides is 2. The van der Waals surface area contributed by atoms with Crippen LogP contribution in [-0.2, 0) is 22.4 Å². The van der Waals surface area contributed by atoms with Gasteiger partial charge in [0.15, 0.2) is 0 Å². The zero-order valence-electron chi connectivity index (χ0n) is 9.69. The number of nitrogens with zero attached hydrogens (tertiary/aromatic N) is 1. The van der Waals surface area contributed by atoms with Crippen LogP contribution >= 0.6 is 0 Å². The Bertz CT molecular complexity index is 469. The summed E-state index contributed by atoms with van der Waals surface area (Å²) in [5.41, 5.74) is 2.93. The van der Waals surface area contributed by atoms with E-state index in [9.17, 15) is 9.59 Å². The molecule has 0 aliphatic carbocycles. The van der Waals surface area contributed by atoms with Crippen LogP contribution in [0.25, 0.3) is 0 Å². The lowest BCUT2D eigenvalue weighted by Gasteiger charge is -2.09. The molecule has 2 rings (SSSR count). The van der Waals surface area contributed by atoms with Crippen molar-refractivity contribution >= 4 is 17.5 Å². The Balaban J connectivity index is 2.02. The second-order valence-corrected chi connectivity index (χ2v) is 4.22. The van der Waals surface area contributed by atoms with Gasteiger partial charge in [-0.25, -0.2) is 5.84 Å². The van der Waals surface area contributed by atoms with Crippen molar-refractivity contribution < 1.29 is 9.59 Å². The van der Waals surface area contributed by atoms with Crippen LogP contribution in [0.15, 0.2) is 18.2 Å². The summed E-state index contributed by atoms with van der Waals surface area (Å²) in [6.45, 7) is 0. The van der Waals surface area contributed by atoms with Crippen LogP contribution in [0, 0.1) is 0 Å². The Morgan fingerprint density at radius 3 is 3.00 bits per heavy atom. The highest BCUT2D eigenvalue weighted by atomic mass is 16.2. The van der Waals surface area contributed by atoms with Gasteiger partial charge >= 0.3 is 0 Å². The number of nitrogens with one attached hydrogen (secondary N) is 1. The summed E-state index contributed by atoms with van der Waals surface area (Å²) in [5, 5.41) is 3.87. The first-order valence-electron chi connectivity index (χ1n) is 5.49. The molecule has 1 aliphatic rings. The molecular weight excluding hydrogens is 218 g/mol. The molecule has 1 heterocycles. The molecule has 2 amide bonds. The summed E-state index contributed by atoms with van der Waals surface area (Å²) in [4.78, 5) is 22.5. The highest BCUT2D eigenvalue weighted by Crippen LogP contribution is 2.24. The number of benzene rings is 1. The minimum Gasteiger partial charge on any atom is -0.326 e. The number of aryl methyl sites for hydroxylation is 1. The molecule has 0 radical (unpaired) electrons. The van der Waals surface area contributed by atoms with Gasteiger partial charge in [-0.05, 0) is 23.6 Å². The van der Waals surface area contributed by atoms with Gasteiger partial charge < -0.3 is 5.32 Å². The number of anilines is 1. The van der Waals surface area contributed by atoms with Crippen molar-refractivity contribution in [1.29, 1.82) is 0 Å². The van der Waals surface area contributed by atoms with Gasteiger partial charge in [0.2, 0.25) is 11.8 Å². The Hall–Kier alpha value is -1.88. The highest BCUT2D eigenvalue weighted by Gasteiger charge is 2.17. The normalized spacial score (nSPS) is 13.2. The Labute approximate surface area is 99.6 Å². The number of nitrogens with two attached hydrogens (primary N) is 1. The van der Waals surface area contributed by atoms with E-state index in [1.165, 1.54) is 7.05 Å². The smallest absolute Gasteiger partial charge is 0.236 e. The molecule has 0 spiro atoms. The van der Waals surface area contributed by atoms with Gasteiger partial charge in [-0.15, -0.1) is 0 Å². The first-order valence-corrected chi connectivity index (χ1v) is 5.49. The summed E-state index contributed by atoms with van der Waals surface area (Å²) in [5.74, 6) is 5.26. The molecular formula is C12H15N3O2. The first kappa shape index (κ1) is 11.6. The molecule has 17 heavy (non-hydrogen) atoms.